The third-order valence-corrected chi connectivity index (χ3v) is 9.65. The maximum absolute atomic E-state index is 12.3. The molecular formula is C23H29BrN6OS. The third kappa shape index (κ3) is 3.54. The van der Waals surface area contributed by atoms with E-state index in [0.29, 0.717) is 5.92 Å². The number of halogens is 1. The normalized spacial score (nSPS) is 21.3. The Hall–Kier alpha value is -1.68. The molecule has 2 aliphatic rings. The van der Waals surface area contributed by atoms with Crippen LogP contribution in [-0.4, -0.2) is 42.0 Å². The van der Waals surface area contributed by atoms with E-state index in [0.717, 1.165) is 60.4 Å². The minimum atomic E-state index is -1.38. The molecule has 9 heteroatoms. The van der Waals surface area contributed by atoms with Gasteiger partial charge in [0.1, 0.15) is 14.9 Å². The van der Waals surface area contributed by atoms with Crippen molar-refractivity contribution in [3.63, 3.8) is 0 Å². The fourth-order valence-corrected chi connectivity index (χ4v) is 6.27. The number of anilines is 1. The molecular weight excluding hydrogens is 488 g/mol. The van der Waals surface area contributed by atoms with Crippen LogP contribution in [0.25, 0.3) is 5.52 Å². The van der Waals surface area contributed by atoms with E-state index in [1.165, 1.54) is 11.3 Å². The number of piperidine rings is 1. The van der Waals surface area contributed by atoms with Crippen molar-refractivity contribution < 1.29 is 4.55 Å². The number of aryl methyl sites for hydroxylation is 1. The molecule has 1 aliphatic carbocycles. The molecule has 0 aromatic carbocycles. The van der Waals surface area contributed by atoms with Crippen LogP contribution in [0.15, 0.2) is 35.2 Å². The van der Waals surface area contributed by atoms with Crippen LogP contribution in [0.1, 0.15) is 56.0 Å². The molecule has 0 amide bonds. The SMILES string of the molecule is Cc1nc(N2CCC3(CC2)Cc2ncccc2[C@H]3CC(C)(C)[S+](N)[O-])c2ccnn2c1Br. The van der Waals surface area contributed by atoms with Gasteiger partial charge in [-0.3, -0.25) is 4.98 Å². The van der Waals surface area contributed by atoms with Gasteiger partial charge in [-0.1, -0.05) is 6.07 Å². The zero-order chi connectivity index (χ0) is 22.7. The van der Waals surface area contributed by atoms with E-state index in [2.05, 4.69) is 32.0 Å². The van der Waals surface area contributed by atoms with Crippen molar-refractivity contribution >= 4 is 38.6 Å². The van der Waals surface area contributed by atoms with Gasteiger partial charge in [-0.15, -0.1) is 0 Å². The molecule has 3 aromatic rings. The number of aromatic nitrogens is 4. The molecule has 1 saturated heterocycles. The largest absolute Gasteiger partial charge is 0.598 e. The Morgan fingerprint density at radius 2 is 2.03 bits per heavy atom. The van der Waals surface area contributed by atoms with Gasteiger partial charge in [0.2, 0.25) is 0 Å². The molecule has 3 aromatic heterocycles. The average molecular weight is 517 g/mol. The van der Waals surface area contributed by atoms with Gasteiger partial charge in [-0.2, -0.15) is 10.2 Å². The highest BCUT2D eigenvalue weighted by Gasteiger charge is 2.51. The lowest BCUT2D eigenvalue weighted by atomic mass is 9.67. The van der Waals surface area contributed by atoms with Crippen molar-refractivity contribution in [1.29, 1.82) is 0 Å². The Kier molecular flexibility index (Phi) is 5.51. The van der Waals surface area contributed by atoms with Crippen molar-refractivity contribution in [3.05, 3.63) is 52.1 Å². The van der Waals surface area contributed by atoms with E-state index in [1.54, 1.807) is 0 Å². The topological polar surface area (TPSA) is 95.4 Å². The Labute approximate surface area is 200 Å². The molecule has 5 rings (SSSR count). The second-order valence-electron chi connectivity index (χ2n) is 9.82. The van der Waals surface area contributed by atoms with E-state index >= 15 is 0 Å². The molecule has 1 spiro atoms. The van der Waals surface area contributed by atoms with Crippen LogP contribution in [0.4, 0.5) is 5.82 Å². The van der Waals surface area contributed by atoms with Crippen LogP contribution < -0.4 is 10.0 Å². The van der Waals surface area contributed by atoms with Crippen molar-refractivity contribution in [1.82, 2.24) is 19.6 Å². The second-order valence-corrected chi connectivity index (χ2v) is 12.3. The van der Waals surface area contributed by atoms with Gasteiger partial charge in [-0.05, 0) is 85.0 Å². The van der Waals surface area contributed by atoms with Gasteiger partial charge in [-0.25, -0.2) is 9.50 Å². The minimum absolute atomic E-state index is 0.116. The number of fused-ring (bicyclic) bond motifs is 2. The van der Waals surface area contributed by atoms with Crippen molar-refractivity contribution in [2.75, 3.05) is 18.0 Å². The smallest absolute Gasteiger partial charge is 0.155 e. The van der Waals surface area contributed by atoms with E-state index in [9.17, 15) is 4.55 Å². The summed E-state index contributed by atoms with van der Waals surface area (Å²) < 4.78 is 14.6. The number of pyridine rings is 1. The van der Waals surface area contributed by atoms with Gasteiger partial charge in [0.25, 0.3) is 0 Å². The number of nitrogens with two attached hydrogens (primary N) is 1. The van der Waals surface area contributed by atoms with Crippen LogP contribution >= 0.6 is 15.9 Å². The molecule has 32 heavy (non-hydrogen) atoms. The molecule has 2 N–H and O–H groups in total. The zero-order valence-electron chi connectivity index (χ0n) is 18.7. The first-order chi connectivity index (χ1) is 15.2. The van der Waals surface area contributed by atoms with Gasteiger partial charge >= 0.3 is 0 Å². The quantitative estimate of drug-likeness (QED) is 0.528. The predicted octanol–water partition coefficient (Wildman–Crippen LogP) is 3.91. The molecule has 0 radical (unpaired) electrons. The van der Waals surface area contributed by atoms with Gasteiger partial charge in [0.15, 0.2) is 5.82 Å². The summed E-state index contributed by atoms with van der Waals surface area (Å²) in [6.07, 6.45) is 7.57. The molecule has 1 aliphatic heterocycles. The highest BCUT2D eigenvalue weighted by atomic mass is 79.9. The number of hydrogen-bond acceptors (Lipinski definition) is 6. The molecule has 0 saturated carbocycles. The molecule has 7 nitrogen and oxygen atoms in total. The number of nitrogens with zero attached hydrogens (tertiary/aromatic N) is 5. The zero-order valence-corrected chi connectivity index (χ0v) is 21.1. The van der Waals surface area contributed by atoms with Gasteiger partial charge < -0.3 is 9.45 Å². The molecule has 0 bridgehead atoms. The van der Waals surface area contributed by atoms with Crippen LogP contribution in [0.2, 0.25) is 0 Å². The summed E-state index contributed by atoms with van der Waals surface area (Å²) in [5.41, 5.74) is 4.57. The van der Waals surface area contributed by atoms with Crippen molar-refractivity contribution in [2.45, 2.75) is 57.1 Å². The summed E-state index contributed by atoms with van der Waals surface area (Å²) in [6.45, 7) is 7.89. The summed E-state index contributed by atoms with van der Waals surface area (Å²) in [5.74, 6) is 1.30. The van der Waals surface area contributed by atoms with Crippen molar-refractivity contribution in [3.8, 4) is 0 Å². The standard InChI is InChI=1S/C23H29BrN6OS/c1-15-20(24)30-19(6-10-27-30)21(28-15)29-11-7-23(8-12-29)14-18-16(5-4-9-26-18)17(23)13-22(2,3)32(25)31/h4-6,9-10,17H,7-8,11-14,25H2,1-3H3/t17-,32?/m1/s1. The second kappa shape index (κ2) is 7.97. The highest BCUT2D eigenvalue weighted by molar-refractivity contribution is 9.10. The molecule has 170 valence electrons. The first-order valence-corrected chi connectivity index (χ1v) is 13.1. The summed E-state index contributed by atoms with van der Waals surface area (Å²) in [4.78, 5) is 12.0. The molecule has 4 heterocycles. The van der Waals surface area contributed by atoms with Crippen LogP contribution in [0.3, 0.4) is 0 Å². The predicted molar refractivity (Wildman–Crippen MR) is 131 cm³/mol. The molecule has 1 fully saturated rings. The van der Waals surface area contributed by atoms with E-state index < -0.39 is 16.1 Å². The monoisotopic (exact) mass is 516 g/mol. The Balaban J connectivity index is 1.45. The summed E-state index contributed by atoms with van der Waals surface area (Å²) >= 11 is 2.23. The fourth-order valence-electron chi connectivity index (χ4n) is 5.57. The van der Waals surface area contributed by atoms with E-state index in [1.807, 2.05) is 49.8 Å². The Bertz CT molecular complexity index is 1150. The number of rotatable bonds is 4. The minimum Gasteiger partial charge on any atom is -0.598 e. The van der Waals surface area contributed by atoms with Crippen molar-refractivity contribution in [2.24, 2.45) is 10.6 Å². The third-order valence-electron chi connectivity index (χ3n) is 7.49. The average Bonchev–Trinajstić information content (AvgIpc) is 3.36. The first-order valence-electron chi connectivity index (χ1n) is 11.1. The van der Waals surface area contributed by atoms with Gasteiger partial charge in [0, 0.05) is 42.8 Å². The summed E-state index contributed by atoms with van der Waals surface area (Å²) in [7, 11) is 0. The number of hydrogen-bond donors (Lipinski definition) is 1. The first kappa shape index (κ1) is 22.1. The maximum atomic E-state index is 12.3. The van der Waals surface area contributed by atoms with Crippen LogP contribution in [-0.2, 0) is 17.8 Å². The Morgan fingerprint density at radius 1 is 1.28 bits per heavy atom. The highest BCUT2D eigenvalue weighted by Crippen LogP contribution is 2.56. The lowest BCUT2D eigenvalue weighted by Gasteiger charge is -2.45. The van der Waals surface area contributed by atoms with Crippen LogP contribution in [0.5, 0.6) is 0 Å². The summed E-state index contributed by atoms with van der Waals surface area (Å²) in [5, 5.41) is 10.3. The maximum Gasteiger partial charge on any atom is 0.155 e. The molecule has 2 atom stereocenters. The molecule has 1 unspecified atom stereocenters. The Morgan fingerprint density at radius 3 is 2.75 bits per heavy atom. The lowest BCUT2D eigenvalue weighted by Crippen LogP contribution is -2.46. The summed E-state index contributed by atoms with van der Waals surface area (Å²) in [6, 6.07) is 6.25. The van der Waals surface area contributed by atoms with E-state index in [4.69, 9.17) is 15.1 Å². The van der Waals surface area contributed by atoms with Crippen LogP contribution in [0, 0.1) is 12.3 Å². The van der Waals surface area contributed by atoms with E-state index in [-0.39, 0.29) is 5.41 Å². The lowest BCUT2D eigenvalue weighted by molar-refractivity contribution is 0.169. The fraction of sp³-hybridized carbons (Fsp3) is 0.522. The van der Waals surface area contributed by atoms with Gasteiger partial charge in [0.05, 0.1) is 11.9 Å².